The van der Waals surface area contributed by atoms with Gasteiger partial charge in [-0.2, -0.15) is 0 Å². The van der Waals surface area contributed by atoms with E-state index in [1.165, 1.54) is 12.5 Å². The second-order valence-corrected chi connectivity index (χ2v) is 10.8. The zero-order valence-corrected chi connectivity index (χ0v) is 17.2. The number of rotatable bonds is 1. The first-order valence-electron chi connectivity index (χ1n) is 11.3. The zero-order valence-electron chi connectivity index (χ0n) is 17.2. The summed E-state index contributed by atoms with van der Waals surface area (Å²) in [6.45, 7) is 4.73. The molecule has 1 aromatic heterocycles. The van der Waals surface area contributed by atoms with Gasteiger partial charge < -0.3 is 14.6 Å². The molecule has 1 heterocycles. The van der Waals surface area contributed by atoms with E-state index in [-0.39, 0.29) is 28.5 Å². The molecule has 154 valence electrons. The van der Waals surface area contributed by atoms with Crippen LogP contribution in [0.4, 0.5) is 0 Å². The minimum absolute atomic E-state index is 0.129. The highest BCUT2D eigenvalue weighted by Gasteiger charge is 2.67. The van der Waals surface area contributed by atoms with Crippen molar-refractivity contribution in [2.24, 2.45) is 28.6 Å². The van der Waals surface area contributed by atoms with E-state index in [0.717, 1.165) is 56.9 Å². The molecule has 0 aromatic carbocycles. The van der Waals surface area contributed by atoms with Crippen molar-refractivity contribution in [2.75, 3.05) is 0 Å². The molecule has 4 nitrogen and oxygen atoms in total. The molecule has 0 aliphatic heterocycles. The number of hydrogen-bond acceptors (Lipinski definition) is 4. The van der Waals surface area contributed by atoms with Gasteiger partial charge in [0.1, 0.15) is 0 Å². The minimum atomic E-state index is -0.638. The number of aliphatic hydroxyl groups excluding tert-OH is 1. The Morgan fingerprint density at radius 3 is 2.57 bits per heavy atom. The van der Waals surface area contributed by atoms with Gasteiger partial charge in [0.2, 0.25) is 0 Å². The van der Waals surface area contributed by atoms with E-state index in [1.807, 2.05) is 6.07 Å². The van der Waals surface area contributed by atoms with Crippen LogP contribution in [0.5, 0.6) is 0 Å². The van der Waals surface area contributed by atoms with Crippen LogP contribution in [-0.2, 0) is 0 Å². The molecule has 2 N–H and O–H groups in total. The maximum atomic E-state index is 12.2. The van der Waals surface area contributed by atoms with Gasteiger partial charge in [0.25, 0.3) is 0 Å². The van der Waals surface area contributed by atoms with Gasteiger partial charge >= 0.3 is 5.63 Å². The molecule has 4 aliphatic rings. The van der Waals surface area contributed by atoms with E-state index < -0.39 is 5.60 Å². The third-order valence-corrected chi connectivity index (χ3v) is 9.95. The zero-order chi connectivity index (χ0) is 19.7. The van der Waals surface area contributed by atoms with Gasteiger partial charge in [0.15, 0.2) is 0 Å². The highest BCUT2D eigenvalue weighted by Crippen LogP contribution is 2.70. The van der Waals surface area contributed by atoms with Crippen molar-refractivity contribution in [3.8, 4) is 0 Å². The molecule has 0 amide bonds. The van der Waals surface area contributed by atoms with Crippen LogP contribution in [0.25, 0.3) is 0 Å². The Morgan fingerprint density at radius 1 is 1.00 bits per heavy atom. The molecule has 4 heteroatoms. The van der Waals surface area contributed by atoms with E-state index >= 15 is 0 Å². The lowest BCUT2D eigenvalue weighted by atomic mass is 9.43. The van der Waals surface area contributed by atoms with Crippen molar-refractivity contribution in [1.82, 2.24) is 0 Å². The smallest absolute Gasteiger partial charge is 0.335 e. The van der Waals surface area contributed by atoms with E-state index in [1.54, 1.807) is 6.26 Å². The molecule has 0 bridgehead atoms. The van der Waals surface area contributed by atoms with Crippen LogP contribution < -0.4 is 5.63 Å². The highest BCUT2D eigenvalue weighted by atomic mass is 16.4. The van der Waals surface area contributed by atoms with Gasteiger partial charge in [-0.3, -0.25) is 0 Å². The highest BCUT2D eigenvalue weighted by molar-refractivity contribution is 5.27. The van der Waals surface area contributed by atoms with Crippen molar-refractivity contribution < 1.29 is 14.6 Å². The van der Waals surface area contributed by atoms with Crippen LogP contribution in [0, 0.1) is 28.6 Å². The Morgan fingerprint density at radius 2 is 1.82 bits per heavy atom. The number of hydrogen-bond donors (Lipinski definition) is 2. The van der Waals surface area contributed by atoms with Crippen LogP contribution in [0.1, 0.15) is 83.1 Å². The Labute approximate surface area is 167 Å². The summed E-state index contributed by atoms with van der Waals surface area (Å²) in [7, 11) is 0. The molecule has 8 atom stereocenters. The van der Waals surface area contributed by atoms with Gasteiger partial charge in [-0.1, -0.05) is 13.8 Å². The van der Waals surface area contributed by atoms with E-state index in [0.29, 0.717) is 17.8 Å². The standard InChI is InChI=1S/C24H34O4/c1-22-10-7-17(25)13-16(22)4-5-20-19(22)8-11-23(2)18(9-12-24(20,23)27)15-3-6-21(26)28-14-15/h3,6,14,16-20,25,27H,4-5,7-13H2,1-2H3/t16-,17?,18?,19-,20+,22-,23+,24+/m0/s1. The van der Waals surface area contributed by atoms with Crippen molar-refractivity contribution in [3.63, 3.8) is 0 Å². The third-order valence-electron chi connectivity index (χ3n) is 9.95. The summed E-state index contributed by atoms with van der Waals surface area (Å²) in [6, 6.07) is 3.42. The molecule has 0 radical (unpaired) electrons. The fourth-order valence-electron chi connectivity index (χ4n) is 8.30. The van der Waals surface area contributed by atoms with Gasteiger partial charge in [0.05, 0.1) is 18.0 Å². The van der Waals surface area contributed by atoms with E-state index in [9.17, 15) is 15.0 Å². The summed E-state index contributed by atoms with van der Waals surface area (Å²) < 4.78 is 5.17. The quantitative estimate of drug-likeness (QED) is 0.757. The summed E-state index contributed by atoms with van der Waals surface area (Å²) in [4.78, 5) is 11.4. The second-order valence-electron chi connectivity index (χ2n) is 10.8. The Bertz CT molecular complexity index is 797. The molecule has 4 fully saturated rings. The molecule has 1 aromatic rings. The fourth-order valence-corrected chi connectivity index (χ4v) is 8.30. The molecular weight excluding hydrogens is 352 g/mol. The van der Waals surface area contributed by atoms with Gasteiger partial charge in [-0.05, 0) is 98.5 Å². The summed E-state index contributed by atoms with van der Waals surface area (Å²) in [5.41, 5.74) is 0.219. The first kappa shape index (κ1) is 18.9. The monoisotopic (exact) mass is 386 g/mol. The summed E-state index contributed by atoms with van der Waals surface area (Å²) in [6.07, 6.45) is 10.7. The number of fused-ring (bicyclic) bond motifs is 5. The summed E-state index contributed by atoms with van der Waals surface area (Å²) in [5.74, 6) is 1.76. The summed E-state index contributed by atoms with van der Waals surface area (Å²) >= 11 is 0. The largest absolute Gasteiger partial charge is 0.431 e. The SMILES string of the molecule is C[C@]12CCC(O)C[C@@H]1CC[C@@H]1[C@@H]2CC[C@]2(C)C(c3ccc(=O)oc3)CC[C@@]12O. The van der Waals surface area contributed by atoms with Crippen LogP contribution in [0.15, 0.2) is 27.6 Å². The molecule has 5 rings (SSSR count). The molecule has 0 spiro atoms. The topological polar surface area (TPSA) is 70.7 Å². The van der Waals surface area contributed by atoms with E-state index in [2.05, 4.69) is 13.8 Å². The van der Waals surface area contributed by atoms with Gasteiger partial charge in [-0.15, -0.1) is 0 Å². The van der Waals surface area contributed by atoms with Crippen LogP contribution in [0.3, 0.4) is 0 Å². The molecule has 4 saturated carbocycles. The van der Waals surface area contributed by atoms with Crippen LogP contribution >= 0.6 is 0 Å². The van der Waals surface area contributed by atoms with Crippen molar-refractivity contribution in [2.45, 2.75) is 89.3 Å². The first-order valence-corrected chi connectivity index (χ1v) is 11.3. The summed E-state index contributed by atoms with van der Waals surface area (Å²) in [5, 5.41) is 22.4. The molecule has 0 saturated heterocycles. The molecule has 28 heavy (non-hydrogen) atoms. The maximum absolute atomic E-state index is 12.2. The maximum Gasteiger partial charge on any atom is 0.335 e. The average Bonchev–Trinajstić information content (AvgIpc) is 2.95. The van der Waals surface area contributed by atoms with Gasteiger partial charge in [-0.25, -0.2) is 4.79 Å². The lowest BCUT2D eigenvalue weighted by molar-refractivity contribution is -0.205. The number of aliphatic hydroxyl groups is 2. The first-order chi connectivity index (χ1) is 13.3. The predicted molar refractivity (Wildman–Crippen MR) is 107 cm³/mol. The van der Waals surface area contributed by atoms with Crippen LogP contribution in [-0.4, -0.2) is 21.9 Å². The normalized spacial score (nSPS) is 50.5. The fraction of sp³-hybridized carbons (Fsp3) is 0.792. The lowest BCUT2D eigenvalue weighted by Crippen LogP contribution is -2.62. The Kier molecular flexibility index (Phi) is 4.17. The molecule has 2 unspecified atom stereocenters. The van der Waals surface area contributed by atoms with Crippen molar-refractivity contribution >= 4 is 0 Å². The predicted octanol–water partition coefficient (Wildman–Crippen LogP) is 4.24. The van der Waals surface area contributed by atoms with Gasteiger partial charge in [0, 0.05) is 11.5 Å². The van der Waals surface area contributed by atoms with Crippen molar-refractivity contribution in [3.05, 3.63) is 34.4 Å². The second kappa shape index (κ2) is 6.18. The lowest BCUT2D eigenvalue weighted by Gasteiger charge is -2.63. The molecular formula is C24H34O4. The average molecular weight is 387 g/mol. The van der Waals surface area contributed by atoms with Crippen LogP contribution in [0.2, 0.25) is 0 Å². The minimum Gasteiger partial charge on any atom is -0.431 e. The third kappa shape index (κ3) is 2.40. The van der Waals surface area contributed by atoms with Crippen molar-refractivity contribution in [1.29, 1.82) is 0 Å². The Balaban J connectivity index is 1.48. The molecule has 4 aliphatic carbocycles. The Hall–Kier alpha value is -1.13. The van der Waals surface area contributed by atoms with E-state index in [4.69, 9.17) is 4.42 Å².